The molecule has 0 amide bonds. The normalized spacial score (nSPS) is 12.8. The molecule has 0 saturated heterocycles. The Morgan fingerprint density at radius 3 is 2.00 bits per heavy atom. The highest BCUT2D eigenvalue weighted by Crippen LogP contribution is 2.30. The van der Waals surface area contributed by atoms with Crippen LogP contribution in [0.15, 0.2) is 0 Å². The highest BCUT2D eigenvalue weighted by Gasteiger charge is 2.17. The van der Waals surface area contributed by atoms with Gasteiger partial charge in [0.05, 0.1) is 0 Å². The molecule has 0 saturated carbocycles. The fourth-order valence-electron chi connectivity index (χ4n) is 2.02. The van der Waals surface area contributed by atoms with Crippen molar-refractivity contribution in [2.24, 2.45) is 0 Å². The first-order valence-corrected chi connectivity index (χ1v) is 7.90. The summed E-state index contributed by atoms with van der Waals surface area (Å²) in [6.07, 6.45) is 11.3. The van der Waals surface area contributed by atoms with E-state index in [0.29, 0.717) is 5.04 Å². The maximum Gasteiger partial charge on any atom is 0.166 e. The third-order valence-corrected chi connectivity index (χ3v) is 4.42. The van der Waals surface area contributed by atoms with Gasteiger partial charge in [-0.2, -0.15) is 0 Å². The Morgan fingerprint density at radius 2 is 1.47 bits per heavy atom. The first-order valence-electron chi connectivity index (χ1n) is 6.61. The lowest BCUT2D eigenvalue weighted by molar-refractivity contribution is 0.396. The van der Waals surface area contributed by atoms with Gasteiger partial charge in [0.15, 0.2) is 9.76 Å². The quantitative estimate of drug-likeness (QED) is 0.406. The Hall–Kier alpha value is 0.177. The Kier molecular flexibility index (Phi) is 9.52. The predicted octanol–water partition coefficient (Wildman–Crippen LogP) is 4.06. The molecule has 92 valence electrons. The molecule has 0 aromatic heterocycles. The summed E-state index contributed by atoms with van der Waals surface area (Å²) in [6, 6.07) is 0. The Bertz CT molecular complexity index is 134. The molecule has 0 N–H and O–H groups in total. The second-order valence-corrected chi connectivity index (χ2v) is 8.25. The maximum atomic E-state index is 5.36. The van der Waals surface area contributed by atoms with Crippen LogP contribution in [0.3, 0.4) is 0 Å². The zero-order chi connectivity index (χ0) is 11.6. The molecule has 0 aromatic rings. The highest BCUT2D eigenvalue weighted by molar-refractivity contribution is 6.31. The summed E-state index contributed by atoms with van der Waals surface area (Å²) in [4.78, 5) is 0. The van der Waals surface area contributed by atoms with Gasteiger partial charge < -0.3 is 4.43 Å². The van der Waals surface area contributed by atoms with E-state index in [9.17, 15) is 0 Å². The number of hydrogen-bond donors (Lipinski definition) is 0. The molecule has 0 bridgehead atoms. The van der Waals surface area contributed by atoms with Crippen LogP contribution in [0.1, 0.15) is 72.1 Å². The molecule has 0 spiro atoms. The van der Waals surface area contributed by atoms with Crippen molar-refractivity contribution < 1.29 is 4.43 Å². The van der Waals surface area contributed by atoms with Crippen molar-refractivity contribution >= 4 is 9.76 Å². The van der Waals surface area contributed by atoms with Crippen LogP contribution in [0.5, 0.6) is 0 Å². The van der Waals surface area contributed by atoms with Gasteiger partial charge in [0.1, 0.15) is 0 Å². The first-order chi connectivity index (χ1) is 7.12. The van der Waals surface area contributed by atoms with Crippen LogP contribution in [0.25, 0.3) is 0 Å². The van der Waals surface area contributed by atoms with Gasteiger partial charge in [-0.25, -0.2) is 0 Å². The summed E-state index contributed by atoms with van der Waals surface area (Å²) < 4.78 is 5.36. The molecule has 0 radical (unpaired) electrons. The van der Waals surface area contributed by atoms with E-state index in [1.807, 2.05) is 7.11 Å². The Labute approximate surface area is 98.9 Å². The van der Waals surface area contributed by atoms with Crippen molar-refractivity contribution in [1.82, 2.24) is 0 Å². The van der Waals surface area contributed by atoms with Gasteiger partial charge in [0.2, 0.25) is 0 Å². The van der Waals surface area contributed by atoms with Gasteiger partial charge in [0.25, 0.3) is 0 Å². The third-order valence-electron chi connectivity index (χ3n) is 2.99. The van der Waals surface area contributed by atoms with Crippen LogP contribution in [-0.4, -0.2) is 16.9 Å². The molecule has 0 fully saturated rings. The van der Waals surface area contributed by atoms with Crippen LogP contribution in [0.2, 0.25) is 5.04 Å². The summed E-state index contributed by atoms with van der Waals surface area (Å²) in [7, 11) is 1.56. The van der Waals surface area contributed by atoms with Gasteiger partial charge in [0, 0.05) is 7.11 Å². The summed E-state index contributed by atoms with van der Waals surface area (Å²) in [5.41, 5.74) is 0. The molecule has 0 rings (SSSR count). The molecule has 0 unspecified atom stereocenters. The Balaban J connectivity index is 3.22. The molecule has 2 heteroatoms. The molecule has 0 aliphatic carbocycles. The minimum absolute atomic E-state index is 0.298. The number of hydrogen-bond acceptors (Lipinski definition) is 1. The second-order valence-electron chi connectivity index (χ2n) is 5.47. The fourth-order valence-corrected chi connectivity index (χ4v) is 3.20. The summed E-state index contributed by atoms with van der Waals surface area (Å²) in [5, 5.41) is 0.512. The first kappa shape index (κ1) is 15.2. The van der Waals surface area contributed by atoms with Gasteiger partial charge >= 0.3 is 0 Å². The zero-order valence-corrected chi connectivity index (χ0v) is 12.7. The average Bonchev–Trinajstić information content (AvgIpc) is 2.16. The second kappa shape index (κ2) is 9.41. The summed E-state index contributed by atoms with van der Waals surface area (Å²) in [6.45, 7) is 7.00. The maximum absolute atomic E-state index is 5.36. The molecular weight excluding hydrogens is 200 g/mol. The van der Waals surface area contributed by atoms with E-state index < -0.39 is 0 Å². The minimum atomic E-state index is -0.298. The largest absolute Gasteiger partial charge is 0.427 e. The van der Waals surface area contributed by atoms with Crippen LogP contribution in [0, 0.1) is 0 Å². The number of unbranched alkanes of at least 4 members (excludes halogenated alkanes) is 6. The van der Waals surface area contributed by atoms with Crippen LogP contribution in [0.4, 0.5) is 0 Å². The van der Waals surface area contributed by atoms with E-state index in [4.69, 9.17) is 4.43 Å². The van der Waals surface area contributed by atoms with Crippen LogP contribution >= 0.6 is 0 Å². The van der Waals surface area contributed by atoms with Crippen molar-refractivity contribution in [2.75, 3.05) is 7.11 Å². The van der Waals surface area contributed by atoms with Gasteiger partial charge in [-0.3, -0.25) is 0 Å². The van der Waals surface area contributed by atoms with E-state index >= 15 is 0 Å². The van der Waals surface area contributed by atoms with E-state index in [0.717, 1.165) is 0 Å². The molecule has 0 atom stereocenters. The SMILES string of the molecule is CCCCCCCCCC(C)(C)[SiH2]OC. The van der Waals surface area contributed by atoms with Gasteiger partial charge in [-0.1, -0.05) is 65.7 Å². The minimum Gasteiger partial charge on any atom is -0.427 e. The van der Waals surface area contributed by atoms with Crippen molar-refractivity contribution in [3.05, 3.63) is 0 Å². The molecular formula is C13H30OSi. The van der Waals surface area contributed by atoms with Crippen molar-refractivity contribution in [3.63, 3.8) is 0 Å². The molecule has 0 aliphatic rings. The standard InChI is InChI=1S/C13H30OSi/c1-5-6-7-8-9-10-11-12-13(2,3)15-14-4/h5-12,15H2,1-4H3. The summed E-state index contributed by atoms with van der Waals surface area (Å²) >= 11 is 0. The van der Waals surface area contributed by atoms with Gasteiger partial charge in [-0.15, -0.1) is 0 Å². The van der Waals surface area contributed by atoms with Crippen LogP contribution < -0.4 is 0 Å². The van der Waals surface area contributed by atoms with Crippen LogP contribution in [-0.2, 0) is 4.43 Å². The molecule has 15 heavy (non-hydrogen) atoms. The van der Waals surface area contributed by atoms with Crippen molar-refractivity contribution in [1.29, 1.82) is 0 Å². The van der Waals surface area contributed by atoms with Crippen molar-refractivity contribution in [2.45, 2.75) is 77.2 Å². The molecule has 0 heterocycles. The van der Waals surface area contributed by atoms with E-state index in [-0.39, 0.29) is 9.76 Å². The smallest absolute Gasteiger partial charge is 0.166 e. The lowest BCUT2D eigenvalue weighted by Gasteiger charge is -2.22. The topological polar surface area (TPSA) is 9.23 Å². The van der Waals surface area contributed by atoms with Gasteiger partial charge in [-0.05, 0) is 11.5 Å². The lowest BCUT2D eigenvalue weighted by Crippen LogP contribution is -2.14. The fraction of sp³-hybridized carbons (Fsp3) is 1.00. The lowest BCUT2D eigenvalue weighted by atomic mass is 10.0. The van der Waals surface area contributed by atoms with E-state index in [2.05, 4.69) is 20.8 Å². The molecule has 0 aliphatic heterocycles. The Morgan fingerprint density at radius 1 is 0.933 bits per heavy atom. The highest BCUT2D eigenvalue weighted by atomic mass is 28.2. The summed E-state index contributed by atoms with van der Waals surface area (Å²) in [5.74, 6) is 0. The van der Waals surface area contributed by atoms with E-state index in [1.54, 1.807) is 0 Å². The van der Waals surface area contributed by atoms with E-state index in [1.165, 1.54) is 51.4 Å². The zero-order valence-electron chi connectivity index (χ0n) is 11.3. The predicted molar refractivity (Wildman–Crippen MR) is 72.2 cm³/mol. The third kappa shape index (κ3) is 10.5. The number of rotatable bonds is 10. The van der Waals surface area contributed by atoms with Crippen molar-refractivity contribution in [3.8, 4) is 0 Å². The average molecular weight is 230 g/mol. The monoisotopic (exact) mass is 230 g/mol. The molecule has 1 nitrogen and oxygen atoms in total. The molecule has 0 aromatic carbocycles.